The molecule has 8 nitrogen and oxygen atoms in total. The number of rotatable bonds is 4. The molecule has 3 rings (SSSR count). The van der Waals surface area contributed by atoms with E-state index in [0.717, 1.165) is 4.90 Å². The number of nitrogens with zero attached hydrogens (tertiary/aromatic N) is 2. The zero-order valence-corrected chi connectivity index (χ0v) is 13.1. The second-order valence-corrected chi connectivity index (χ2v) is 5.42. The molecule has 2 heterocycles. The molecule has 2 amide bonds. The number of hydrogen-bond acceptors (Lipinski definition) is 7. The summed E-state index contributed by atoms with van der Waals surface area (Å²) in [5.74, 6) is -2.87. The Hall–Kier alpha value is -3.03. The highest BCUT2D eigenvalue weighted by atomic mass is 16.5. The highest BCUT2D eigenvalue weighted by molar-refractivity contribution is 6.46. The lowest BCUT2D eigenvalue weighted by molar-refractivity contribution is -0.136. The normalized spacial score (nSPS) is 22.1. The summed E-state index contributed by atoms with van der Waals surface area (Å²) in [6.45, 7) is 3.22. The van der Waals surface area contributed by atoms with Crippen molar-refractivity contribution in [2.45, 2.75) is 19.9 Å². The zero-order chi connectivity index (χ0) is 17.4. The minimum atomic E-state index is -0.996. The van der Waals surface area contributed by atoms with Crippen molar-refractivity contribution >= 4 is 35.0 Å². The number of anilines is 1. The molecule has 0 aliphatic carbocycles. The molecular weight excluding hydrogens is 314 g/mol. The number of hydrogen-bond donors (Lipinski definition) is 1. The van der Waals surface area contributed by atoms with Crippen LogP contribution in [0.4, 0.5) is 5.69 Å². The van der Waals surface area contributed by atoms with Crippen LogP contribution in [0.3, 0.4) is 0 Å². The molecule has 1 aromatic carbocycles. The lowest BCUT2D eigenvalue weighted by atomic mass is 9.99. The molecule has 124 valence electrons. The molecule has 2 atom stereocenters. The van der Waals surface area contributed by atoms with E-state index in [4.69, 9.17) is 4.74 Å². The van der Waals surface area contributed by atoms with Gasteiger partial charge in [0, 0.05) is 5.56 Å². The molecule has 0 saturated carbocycles. The number of nitrogens with one attached hydrogen (secondary N) is 1. The third-order valence-electron chi connectivity index (χ3n) is 3.94. The van der Waals surface area contributed by atoms with E-state index in [9.17, 15) is 19.2 Å². The van der Waals surface area contributed by atoms with Crippen LogP contribution in [0.25, 0.3) is 0 Å². The molecule has 8 heteroatoms. The van der Waals surface area contributed by atoms with Crippen LogP contribution in [0.5, 0.6) is 0 Å². The third kappa shape index (κ3) is 2.36. The second-order valence-electron chi connectivity index (χ2n) is 5.42. The van der Waals surface area contributed by atoms with Crippen LogP contribution in [-0.4, -0.2) is 41.9 Å². The molecular formula is C16H15N3O5. The van der Waals surface area contributed by atoms with Crippen molar-refractivity contribution in [3.63, 3.8) is 0 Å². The summed E-state index contributed by atoms with van der Waals surface area (Å²) < 4.78 is 4.87. The molecule has 1 N–H and O–H groups in total. The van der Waals surface area contributed by atoms with E-state index in [-0.39, 0.29) is 18.1 Å². The van der Waals surface area contributed by atoms with Crippen molar-refractivity contribution in [2.75, 3.05) is 11.5 Å². The van der Waals surface area contributed by atoms with Gasteiger partial charge in [0.15, 0.2) is 11.5 Å². The van der Waals surface area contributed by atoms with E-state index in [2.05, 4.69) is 10.5 Å². The number of carbonyl (C=O) groups is 4. The summed E-state index contributed by atoms with van der Waals surface area (Å²) in [4.78, 5) is 49.3. The Morgan fingerprint density at radius 3 is 2.46 bits per heavy atom. The minimum absolute atomic E-state index is 0.0944. The van der Waals surface area contributed by atoms with Crippen molar-refractivity contribution < 1.29 is 23.9 Å². The van der Waals surface area contributed by atoms with Gasteiger partial charge < -0.3 is 4.74 Å². The molecule has 0 bridgehead atoms. The lowest BCUT2D eigenvalue weighted by Gasteiger charge is -2.15. The maximum Gasteiger partial charge on any atom is 0.355 e. The van der Waals surface area contributed by atoms with E-state index >= 15 is 0 Å². The van der Waals surface area contributed by atoms with E-state index in [1.165, 1.54) is 19.1 Å². The maximum atomic E-state index is 12.6. The molecule has 2 aliphatic rings. The fourth-order valence-electron chi connectivity index (χ4n) is 2.76. The monoisotopic (exact) mass is 329 g/mol. The highest BCUT2D eigenvalue weighted by Crippen LogP contribution is 2.31. The molecule has 1 aromatic rings. The van der Waals surface area contributed by atoms with E-state index in [0.29, 0.717) is 11.3 Å². The fourth-order valence-corrected chi connectivity index (χ4v) is 2.76. The van der Waals surface area contributed by atoms with Gasteiger partial charge in [-0.25, -0.2) is 9.69 Å². The number of carbonyl (C=O) groups excluding carboxylic acids is 4. The molecule has 2 aliphatic heterocycles. The SMILES string of the molecule is CCOC(=O)C1=NN[C@@H]2C(=O)N(c3ccc(C(C)=O)cc3)C(=O)[C@H]12. The van der Waals surface area contributed by atoms with Gasteiger partial charge in [-0.2, -0.15) is 5.10 Å². The Labute approximate surface area is 137 Å². The number of Topliss-reactive ketones (excluding diaryl/α,β-unsaturated/α-hetero) is 1. The number of imide groups is 1. The standard InChI is InChI=1S/C16H15N3O5/c1-3-24-16(23)13-11-12(17-18-13)15(22)19(14(11)21)10-6-4-9(5-7-10)8(2)20/h4-7,11-12,17H,3H2,1-2H3/t11-,12-/m0/s1. The number of ether oxygens (including phenoxy) is 1. The van der Waals surface area contributed by atoms with Crippen molar-refractivity contribution in [2.24, 2.45) is 11.0 Å². The van der Waals surface area contributed by atoms with Gasteiger partial charge >= 0.3 is 5.97 Å². The van der Waals surface area contributed by atoms with Gasteiger partial charge in [0.05, 0.1) is 12.3 Å². The van der Waals surface area contributed by atoms with E-state index in [1.807, 2.05) is 0 Å². The predicted molar refractivity (Wildman–Crippen MR) is 83.4 cm³/mol. The summed E-state index contributed by atoms with van der Waals surface area (Å²) in [6.07, 6.45) is 0. The van der Waals surface area contributed by atoms with Crippen molar-refractivity contribution in [3.8, 4) is 0 Å². The van der Waals surface area contributed by atoms with Gasteiger partial charge in [-0.05, 0) is 38.1 Å². The van der Waals surface area contributed by atoms with Crippen LogP contribution in [-0.2, 0) is 19.1 Å². The molecule has 24 heavy (non-hydrogen) atoms. The smallest absolute Gasteiger partial charge is 0.355 e. The van der Waals surface area contributed by atoms with Gasteiger partial charge in [-0.1, -0.05) is 0 Å². The summed E-state index contributed by atoms with van der Waals surface area (Å²) >= 11 is 0. The summed E-state index contributed by atoms with van der Waals surface area (Å²) in [7, 11) is 0. The zero-order valence-electron chi connectivity index (χ0n) is 13.1. The summed E-state index contributed by atoms with van der Waals surface area (Å²) in [6, 6.07) is 5.22. The molecule has 0 spiro atoms. The van der Waals surface area contributed by atoms with Gasteiger partial charge in [0.2, 0.25) is 5.91 Å². The first kappa shape index (κ1) is 15.9. The van der Waals surface area contributed by atoms with Gasteiger partial charge in [-0.15, -0.1) is 0 Å². The number of hydrazone groups is 1. The minimum Gasteiger partial charge on any atom is -0.461 e. The largest absolute Gasteiger partial charge is 0.461 e. The maximum absolute atomic E-state index is 12.6. The molecule has 1 saturated heterocycles. The first-order chi connectivity index (χ1) is 11.5. The number of amides is 2. The van der Waals surface area contributed by atoms with Crippen LogP contribution in [0.15, 0.2) is 29.4 Å². The Morgan fingerprint density at radius 2 is 1.88 bits per heavy atom. The third-order valence-corrected chi connectivity index (χ3v) is 3.94. The van der Waals surface area contributed by atoms with Crippen LogP contribution in [0.2, 0.25) is 0 Å². The van der Waals surface area contributed by atoms with E-state index < -0.39 is 29.7 Å². The lowest BCUT2D eigenvalue weighted by Crippen LogP contribution is -2.36. The van der Waals surface area contributed by atoms with Crippen LogP contribution >= 0.6 is 0 Å². The fraction of sp³-hybridized carbons (Fsp3) is 0.312. The van der Waals surface area contributed by atoms with Crippen LogP contribution in [0.1, 0.15) is 24.2 Å². The van der Waals surface area contributed by atoms with E-state index in [1.54, 1.807) is 19.1 Å². The molecule has 0 radical (unpaired) electrons. The number of esters is 1. The van der Waals surface area contributed by atoms with Gasteiger partial charge in [-0.3, -0.25) is 19.8 Å². The average molecular weight is 329 g/mol. The predicted octanol–water partition coefficient (Wildman–Crippen LogP) is 0.269. The van der Waals surface area contributed by atoms with Crippen LogP contribution < -0.4 is 10.3 Å². The van der Waals surface area contributed by atoms with Crippen molar-refractivity contribution in [3.05, 3.63) is 29.8 Å². The number of fused-ring (bicyclic) bond motifs is 1. The summed E-state index contributed by atoms with van der Waals surface area (Å²) in [5.41, 5.74) is 3.26. The average Bonchev–Trinajstić information content (AvgIpc) is 3.09. The second kappa shape index (κ2) is 5.88. The van der Waals surface area contributed by atoms with Crippen LogP contribution in [0, 0.1) is 5.92 Å². The van der Waals surface area contributed by atoms with Crippen molar-refractivity contribution in [1.29, 1.82) is 0 Å². The van der Waals surface area contributed by atoms with Gasteiger partial charge in [0.25, 0.3) is 5.91 Å². The number of benzene rings is 1. The Kier molecular flexibility index (Phi) is 3.88. The first-order valence-corrected chi connectivity index (χ1v) is 7.44. The Bertz CT molecular complexity index is 768. The van der Waals surface area contributed by atoms with Gasteiger partial charge in [0.1, 0.15) is 12.0 Å². The Morgan fingerprint density at radius 1 is 1.21 bits per heavy atom. The summed E-state index contributed by atoms with van der Waals surface area (Å²) in [5, 5.41) is 3.78. The Balaban J connectivity index is 1.89. The molecule has 0 aromatic heterocycles. The topological polar surface area (TPSA) is 105 Å². The molecule has 0 unspecified atom stereocenters. The first-order valence-electron chi connectivity index (χ1n) is 7.44. The highest BCUT2D eigenvalue weighted by Gasteiger charge is 2.55. The molecule has 1 fully saturated rings. The van der Waals surface area contributed by atoms with Crippen molar-refractivity contribution in [1.82, 2.24) is 5.43 Å². The quantitative estimate of drug-likeness (QED) is 0.483. The number of ketones is 1.